The maximum Gasteiger partial charge on any atom is 0.243 e. The molecule has 0 aliphatic carbocycles. The van der Waals surface area contributed by atoms with Crippen LogP contribution in [-0.2, 0) is 29.0 Å². The Bertz CT molecular complexity index is 1090. The highest BCUT2D eigenvalue weighted by Crippen LogP contribution is 2.19. The van der Waals surface area contributed by atoms with Gasteiger partial charge in [0, 0.05) is 25.4 Å². The number of carbonyl (C=O) groups excluding carboxylic acids is 2. The summed E-state index contributed by atoms with van der Waals surface area (Å²) >= 11 is 0. The fourth-order valence-electron chi connectivity index (χ4n) is 4.12. The molecular formula is C31H38N2O2. The van der Waals surface area contributed by atoms with Crippen LogP contribution in [0.5, 0.6) is 0 Å². The van der Waals surface area contributed by atoms with Crippen LogP contribution in [0.3, 0.4) is 0 Å². The lowest BCUT2D eigenvalue weighted by atomic mass is 10.00. The Hall–Kier alpha value is -3.40. The van der Waals surface area contributed by atoms with Crippen molar-refractivity contribution in [1.82, 2.24) is 10.2 Å². The van der Waals surface area contributed by atoms with Crippen molar-refractivity contribution in [3.05, 3.63) is 107 Å². The summed E-state index contributed by atoms with van der Waals surface area (Å²) in [6.07, 6.45) is 2.32. The number of carbonyl (C=O) groups is 2. The summed E-state index contributed by atoms with van der Waals surface area (Å²) < 4.78 is 0. The van der Waals surface area contributed by atoms with E-state index in [-0.39, 0.29) is 17.9 Å². The molecule has 184 valence electrons. The lowest BCUT2D eigenvalue weighted by Gasteiger charge is -2.33. The van der Waals surface area contributed by atoms with Crippen LogP contribution in [0.15, 0.2) is 78.9 Å². The van der Waals surface area contributed by atoms with E-state index in [4.69, 9.17) is 0 Å². The number of nitrogens with one attached hydrogen (secondary N) is 1. The highest BCUT2D eigenvalue weighted by atomic mass is 16.2. The van der Waals surface area contributed by atoms with Crippen LogP contribution in [0.2, 0.25) is 0 Å². The predicted molar refractivity (Wildman–Crippen MR) is 143 cm³/mol. The number of aryl methyl sites for hydroxylation is 3. The first-order chi connectivity index (χ1) is 16.9. The third-order valence-corrected chi connectivity index (χ3v) is 6.62. The number of hydrogen-bond donors (Lipinski definition) is 1. The van der Waals surface area contributed by atoms with Gasteiger partial charge >= 0.3 is 0 Å². The maximum absolute atomic E-state index is 13.7. The molecule has 0 aromatic heterocycles. The topological polar surface area (TPSA) is 49.4 Å². The molecule has 2 unspecified atom stereocenters. The highest BCUT2D eigenvalue weighted by molar-refractivity contribution is 5.88. The van der Waals surface area contributed by atoms with Crippen molar-refractivity contribution in [2.24, 2.45) is 0 Å². The van der Waals surface area contributed by atoms with E-state index in [0.29, 0.717) is 25.8 Å². The smallest absolute Gasteiger partial charge is 0.243 e. The molecule has 0 fully saturated rings. The monoisotopic (exact) mass is 470 g/mol. The molecule has 0 saturated carbocycles. The van der Waals surface area contributed by atoms with Crippen molar-refractivity contribution in [2.75, 3.05) is 0 Å². The zero-order valence-electron chi connectivity index (χ0n) is 21.5. The van der Waals surface area contributed by atoms with E-state index in [9.17, 15) is 9.59 Å². The molecule has 35 heavy (non-hydrogen) atoms. The Kier molecular flexibility index (Phi) is 9.66. The average Bonchev–Trinajstić information content (AvgIpc) is 2.87. The van der Waals surface area contributed by atoms with Gasteiger partial charge in [0.15, 0.2) is 0 Å². The normalized spacial score (nSPS) is 12.6. The summed E-state index contributed by atoms with van der Waals surface area (Å²) in [7, 11) is 0. The fourth-order valence-corrected chi connectivity index (χ4v) is 4.12. The van der Waals surface area contributed by atoms with E-state index >= 15 is 0 Å². The van der Waals surface area contributed by atoms with Crippen molar-refractivity contribution in [3.63, 3.8) is 0 Å². The predicted octanol–water partition coefficient (Wildman–Crippen LogP) is 5.79. The first-order valence-corrected chi connectivity index (χ1v) is 12.6. The Morgan fingerprint density at radius 1 is 0.857 bits per heavy atom. The van der Waals surface area contributed by atoms with Crippen LogP contribution in [0.1, 0.15) is 54.5 Å². The van der Waals surface area contributed by atoms with Gasteiger partial charge in [0.1, 0.15) is 6.04 Å². The summed E-state index contributed by atoms with van der Waals surface area (Å²) in [4.78, 5) is 29.1. The summed E-state index contributed by atoms with van der Waals surface area (Å²) in [5.41, 5.74) is 5.54. The first kappa shape index (κ1) is 26.2. The van der Waals surface area contributed by atoms with E-state index in [0.717, 1.165) is 28.7 Å². The molecule has 4 nitrogen and oxygen atoms in total. The molecule has 0 spiro atoms. The second-order valence-electron chi connectivity index (χ2n) is 9.46. The molecule has 1 N–H and O–H groups in total. The van der Waals surface area contributed by atoms with Gasteiger partial charge in [0.2, 0.25) is 11.8 Å². The second-order valence-corrected chi connectivity index (χ2v) is 9.46. The Morgan fingerprint density at radius 2 is 1.51 bits per heavy atom. The van der Waals surface area contributed by atoms with Gasteiger partial charge in [-0.1, -0.05) is 91.3 Å². The van der Waals surface area contributed by atoms with E-state index in [1.54, 1.807) is 4.90 Å². The Labute approximate surface area is 210 Å². The molecule has 0 aliphatic heterocycles. The number of hydrogen-bond acceptors (Lipinski definition) is 2. The standard InChI is InChI=1S/C31H38N2O2/c1-5-25(4)32-31(35)29(21-27-12-7-6-8-13-27)33(22-28-14-10-9-11-24(28)3)30(34)20-19-26-17-15-23(2)16-18-26/h6-18,25,29H,5,19-22H2,1-4H3,(H,32,35). The third kappa shape index (κ3) is 7.81. The number of nitrogens with zero attached hydrogens (tertiary/aromatic N) is 1. The molecular weight excluding hydrogens is 432 g/mol. The molecule has 4 heteroatoms. The van der Waals surface area contributed by atoms with Crippen LogP contribution in [0.25, 0.3) is 0 Å². The Morgan fingerprint density at radius 3 is 2.17 bits per heavy atom. The molecule has 0 bridgehead atoms. The molecule has 0 heterocycles. The van der Waals surface area contributed by atoms with Gasteiger partial charge in [-0.05, 0) is 55.9 Å². The molecule has 0 saturated heterocycles. The molecule has 3 aromatic rings. The van der Waals surface area contributed by atoms with E-state index < -0.39 is 6.04 Å². The van der Waals surface area contributed by atoms with Crippen molar-refractivity contribution in [3.8, 4) is 0 Å². The quantitative estimate of drug-likeness (QED) is 0.386. The summed E-state index contributed by atoms with van der Waals surface area (Å²) in [6.45, 7) is 8.57. The zero-order valence-corrected chi connectivity index (χ0v) is 21.5. The lowest BCUT2D eigenvalue weighted by molar-refractivity contribution is -0.141. The number of rotatable bonds is 11. The van der Waals surface area contributed by atoms with Crippen molar-refractivity contribution < 1.29 is 9.59 Å². The van der Waals surface area contributed by atoms with E-state index in [1.165, 1.54) is 5.56 Å². The van der Waals surface area contributed by atoms with E-state index in [1.807, 2.05) is 55.5 Å². The van der Waals surface area contributed by atoms with Gasteiger partial charge in [0.05, 0.1) is 0 Å². The van der Waals surface area contributed by atoms with Crippen LogP contribution < -0.4 is 5.32 Å². The summed E-state index contributed by atoms with van der Waals surface area (Å²) in [5, 5.41) is 3.13. The van der Waals surface area contributed by atoms with Crippen LogP contribution in [0, 0.1) is 13.8 Å². The lowest BCUT2D eigenvalue weighted by Crippen LogP contribution is -2.52. The molecule has 0 radical (unpaired) electrons. The van der Waals surface area contributed by atoms with Gasteiger partial charge in [-0.3, -0.25) is 9.59 Å². The van der Waals surface area contributed by atoms with Crippen molar-refractivity contribution >= 4 is 11.8 Å². The van der Waals surface area contributed by atoms with Crippen molar-refractivity contribution in [2.45, 2.75) is 72.0 Å². The molecule has 3 aromatic carbocycles. The average molecular weight is 471 g/mol. The molecule has 2 amide bonds. The minimum absolute atomic E-state index is 0.00550. The highest BCUT2D eigenvalue weighted by Gasteiger charge is 2.31. The van der Waals surface area contributed by atoms with Gasteiger partial charge in [-0.2, -0.15) is 0 Å². The van der Waals surface area contributed by atoms with Gasteiger partial charge in [-0.25, -0.2) is 0 Å². The molecule has 3 rings (SSSR count). The van der Waals surface area contributed by atoms with Gasteiger partial charge in [0.25, 0.3) is 0 Å². The van der Waals surface area contributed by atoms with Crippen LogP contribution >= 0.6 is 0 Å². The Balaban J connectivity index is 1.91. The number of amides is 2. The minimum Gasteiger partial charge on any atom is -0.352 e. The second kappa shape index (κ2) is 12.9. The van der Waals surface area contributed by atoms with Gasteiger partial charge in [-0.15, -0.1) is 0 Å². The maximum atomic E-state index is 13.7. The largest absolute Gasteiger partial charge is 0.352 e. The molecule has 0 aliphatic rings. The fraction of sp³-hybridized carbons (Fsp3) is 0.355. The first-order valence-electron chi connectivity index (χ1n) is 12.6. The third-order valence-electron chi connectivity index (χ3n) is 6.62. The number of benzene rings is 3. The van der Waals surface area contributed by atoms with Crippen LogP contribution in [-0.4, -0.2) is 28.8 Å². The SMILES string of the molecule is CCC(C)NC(=O)C(Cc1ccccc1)N(Cc1ccccc1C)C(=O)CCc1ccc(C)cc1. The minimum atomic E-state index is -0.587. The summed E-state index contributed by atoms with van der Waals surface area (Å²) in [6, 6.07) is 25.8. The van der Waals surface area contributed by atoms with Crippen molar-refractivity contribution in [1.29, 1.82) is 0 Å². The summed E-state index contributed by atoms with van der Waals surface area (Å²) in [5.74, 6) is -0.102. The zero-order chi connectivity index (χ0) is 25.2. The molecule has 2 atom stereocenters. The van der Waals surface area contributed by atoms with E-state index in [2.05, 4.69) is 56.4 Å². The van der Waals surface area contributed by atoms with Crippen LogP contribution in [0.4, 0.5) is 0 Å². The van der Waals surface area contributed by atoms with Gasteiger partial charge < -0.3 is 10.2 Å².